The third-order valence-electron chi connectivity index (χ3n) is 9.98. The molecule has 338 valence electrons. The van der Waals surface area contributed by atoms with Crippen molar-refractivity contribution < 1.29 is 38.2 Å². The number of aromatic nitrogens is 3. The minimum Gasteiger partial charge on any atom is -0.444 e. The second kappa shape index (κ2) is 21.4. The Kier molecular flexibility index (Phi) is 17.5. The van der Waals surface area contributed by atoms with E-state index in [1.165, 1.54) is 11.2 Å². The van der Waals surface area contributed by atoms with Crippen molar-refractivity contribution in [2.75, 3.05) is 31.2 Å². The molecule has 1 aromatic carbocycles. The summed E-state index contributed by atoms with van der Waals surface area (Å²) in [6.45, 7) is 19.9. The summed E-state index contributed by atoms with van der Waals surface area (Å²) in [5.74, 6) is -1.49. The Hall–Kier alpha value is -3.94. The van der Waals surface area contributed by atoms with Gasteiger partial charge in [-0.25, -0.2) is 14.5 Å². The highest BCUT2D eigenvalue weighted by Crippen LogP contribution is 2.50. The van der Waals surface area contributed by atoms with E-state index in [0.717, 1.165) is 24.0 Å². The lowest BCUT2D eigenvalue weighted by Crippen LogP contribution is -2.59. The molecular formula is C42H66N8O8S2Si. The number of benzene rings is 1. The summed E-state index contributed by atoms with van der Waals surface area (Å²) in [5.41, 5.74) is -0.830. The number of thioether (sulfide) groups is 2. The van der Waals surface area contributed by atoms with Crippen molar-refractivity contribution in [3.63, 3.8) is 0 Å². The molecule has 61 heavy (non-hydrogen) atoms. The largest absolute Gasteiger partial charge is 0.444 e. The van der Waals surface area contributed by atoms with Crippen molar-refractivity contribution in [1.29, 1.82) is 0 Å². The van der Waals surface area contributed by atoms with Crippen LogP contribution in [0.15, 0.2) is 36.7 Å². The number of ether oxygens (including phenoxy) is 2. The Balaban J connectivity index is 1.44. The molecule has 0 radical (unpaired) electrons. The Morgan fingerprint density at radius 2 is 1.64 bits per heavy atom. The van der Waals surface area contributed by atoms with E-state index in [-0.39, 0.29) is 19.7 Å². The zero-order chi connectivity index (χ0) is 45.2. The van der Waals surface area contributed by atoms with Gasteiger partial charge in [-0.2, -0.15) is 5.10 Å². The summed E-state index contributed by atoms with van der Waals surface area (Å²) < 4.78 is 12.4. The predicted molar refractivity (Wildman–Crippen MR) is 240 cm³/mol. The molecule has 4 unspecified atom stereocenters. The zero-order valence-electron chi connectivity index (χ0n) is 37.4. The summed E-state index contributed by atoms with van der Waals surface area (Å²) in [7, 11) is -1.27. The maximum atomic E-state index is 14.5. The number of Topliss-reactive ketones (excluding diaryl/α,β-unsaturated/α-hetero) is 1. The standard InChI is InChI=1S/C42H66N8O8S2Si/c1-11-16-29(45-36(53)30-23-42(59-20-15-21-60-42)25-50(30)38(55)34(40(2,3)4)47-39(56)58-41(5,6)7)33(52)37(54)43-24-31(51)46-32(28-17-13-12-14-18-28)35-44-26-49(48-35)27-57-19-22-61(8,9)10/h12-14,17-18,26,29-30,32,34H,11,15-16,19-25,27H2,1-10H3,(H,43,54)(H,45,53)(H,46,51)(H,47,56). The first-order valence-electron chi connectivity index (χ1n) is 21.0. The number of ketones is 1. The van der Waals surface area contributed by atoms with E-state index in [2.05, 4.69) is 51.0 Å². The summed E-state index contributed by atoms with van der Waals surface area (Å²) in [5, 5.41) is 15.4. The van der Waals surface area contributed by atoms with Gasteiger partial charge in [-0.05, 0) is 62.1 Å². The molecule has 0 saturated carbocycles. The molecule has 1 spiro atoms. The molecule has 4 N–H and O–H groups in total. The summed E-state index contributed by atoms with van der Waals surface area (Å²) in [6.07, 6.45) is 2.71. The Bertz CT molecular complexity index is 1840. The molecule has 19 heteroatoms. The number of hydrogen-bond donors (Lipinski definition) is 4. The first kappa shape index (κ1) is 49.7. The molecule has 2 saturated heterocycles. The fraction of sp³-hybridized carbons (Fsp3) is 0.667. The van der Waals surface area contributed by atoms with Crippen LogP contribution in [-0.2, 0) is 40.2 Å². The Labute approximate surface area is 369 Å². The number of likely N-dealkylation sites (tertiary alicyclic amines) is 1. The highest BCUT2D eigenvalue weighted by Gasteiger charge is 2.53. The van der Waals surface area contributed by atoms with Gasteiger partial charge >= 0.3 is 6.09 Å². The van der Waals surface area contributed by atoms with E-state index in [4.69, 9.17) is 9.47 Å². The predicted octanol–water partition coefficient (Wildman–Crippen LogP) is 4.87. The van der Waals surface area contributed by atoms with Crippen molar-refractivity contribution in [1.82, 2.24) is 40.9 Å². The molecule has 2 aromatic rings. The monoisotopic (exact) mass is 902 g/mol. The van der Waals surface area contributed by atoms with Crippen LogP contribution in [-0.4, -0.2) is 122 Å². The van der Waals surface area contributed by atoms with Gasteiger partial charge in [0, 0.05) is 27.6 Å². The molecule has 16 nitrogen and oxygen atoms in total. The Morgan fingerprint density at radius 1 is 0.967 bits per heavy atom. The number of amides is 5. The SMILES string of the molecule is CCCC(NC(=O)C1CC2(CN1C(=O)C(NC(=O)OC(C)(C)C)C(C)(C)C)SCCCS2)C(=O)C(=O)NCC(=O)NC(c1ccccc1)c1ncn(COCC[Si](C)(C)C)n1. The molecule has 3 heterocycles. The van der Waals surface area contributed by atoms with E-state index < -0.39 is 89.4 Å². The van der Waals surface area contributed by atoms with Gasteiger partial charge in [0.2, 0.25) is 23.5 Å². The van der Waals surface area contributed by atoms with E-state index in [9.17, 15) is 28.8 Å². The molecule has 2 fully saturated rings. The molecule has 2 aliphatic rings. The molecule has 1 aromatic heterocycles. The van der Waals surface area contributed by atoms with Crippen LogP contribution < -0.4 is 21.3 Å². The molecule has 0 aliphatic carbocycles. The molecule has 5 amide bonds. The van der Waals surface area contributed by atoms with Crippen LogP contribution in [0.25, 0.3) is 0 Å². The van der Waals surface area contributed by atoms with Crippen molar-refractivity contribution in [3.05, 3.63) is 48.0 Å². The second-order valence-electron chi connectivity index (χ2n) is 18.9. The zero-order valence-corrected chi connectivity index (χ0v) is 40.1. The lowest BCUT2D eigenvalue weighted by molar-refractivity contribution is -0.144. The molecule has 2 aliphatic heterocycles. The lowest BCUT2D eigenvalue weighted by atomic mass is 9.85. The van der Waals surface area contributed by atoms with E-state index in [0.29, 0.717) is 30.8 Å². The first-order valence-corrected chi connectivity index (χ1v) is 26.7. The summed E-state index contributed by atoms with van der Waals surface area (Å²) in [6, 6.07) is 6.18. The van der Waals surface area contributed by atoms with Gasteiger partial charge in [0.25, 0.3) is 5.91 Å². The third kappa shape index (κ3) is 15.1. The maximum Gasteiger partial charge on any atom is 0.408 e. The lowest BCUT2D eigenvalue weighted by Gasteiger charge is -2.36. The van der Waals surface area contributed by atoms with Crippen LogP contribution in [0.2, 0.25) is 25.7 Å². The number of nitrogens with zero attached hydrogens (tertiary/aromatic N) is 4. The minimum absolute atomic E-state index is 0.149. The highest BCUT2D eigenvalue weighted by atomic mass is 32.2. The number of hydrogen-bond acceptors (Lipinski definition) is 12. The molecule has 4 rings (SSSR count). The van der Waals surface area contributed by atoms with Crippen molar-refractivity contribution in [3.8, 4) is 0 Å². The highest BCUT2D eigenvalue weighted by molar-refractivity contribution is 8.18. The quantitative estimate of drug-likeness (QED) is 0.0900. The van der Waals surface area contributed by atoms with Gasteiger partial charge < -0.3 is 35.6 Å². The fourth-order valence-corrected chi connectivity index (χ4v) is 10.9. The Morgan fingerprint density at radius 3 is 2.25 bits per heavy atom. The fourth-order valence-electron chi connectivity index (χ4n) is 6.80. The second-order valence-corrected chi connectivity index (χ2v) is 27.7. The van der Waals surface area contributed by atoms with Crippen LogP contribution >= 0.6 is 23.5 Å². The van der Waals surface area contributed by atoms with Gasteiger partial charge in [-0.1, -0.05) is 84.1 Å². The van der Waals surface area contributed by atoms with Crippen molar-refractivity contribution in [2.45, 2.75) is 140 Å². The number of alkyl carbamates (subject to hydrolysis) is 1. The molecule has 4 atom stereocenters. The number of nitrogens with one attached hydrogen (secondary N) is 4. The van der Waals surface area contributed by atoms with Crippen LogP contribution in [0.5, 0.6) is 0 Å². The number of carbonyl (C=O) groups is 6. The topological polar surface area (TPSA) is 203 Å². The average molecular weight is 903 g/mol. The summed E-state index contributed by atoms with van der Waals surface area (Å²) in [4.78, 5) is 87.9. The smallest absolute Gasteiger partial charge is 0.408 e. The first-order chi connectivity index (χ1) is 28.5. The van der Waals surface area contributed by atoms with Crippen LogP contribution in [0, 0.1) is 5.41 Å². The minimum atomic E-state index is -1.27. The van der Waals surface area contributed by atoms with Crippen LogP contribution in [0.3, 0.4) is 0 Å². The van der Waals surface area contributed by atoms with E-state index >= 15 is 0 Å². The van der Waals surface area contributed by atoms with Gasteiger partial charge in [0.15, 0.2) is 5.82 Å². The molecular weight excluding hydrogens is 837 g/mol. The van der Waals surface area contributed by atoms with Crippen molar-refractivity contribution in [2.24, 2.45) is 5.41 Å². The van der Waals surface area contributed by atoms with Crippen LogP contribution in [0.4, 0.5) is 4.79 Å². The maximum absolute atomic E-state index is 14.5. The van der Waals surface area contributed by atoms with E-state index in [1.54, 1.807) is 49.0 Å². The van der Waals surface area contributed by atoms with E-state index in [1.807, 2.05) is 58.0 Å². The number of rotatable bonds is 18. The average Bonchev–Trinajstić information content (AvgIpc) is 3.80. The summed E-state index contributed by atoms with van der Waals surface area (Å²) >= 11 is 3.41. The molecule has 0 bridgehead atoms. The van der Waals surface area contributed by atoms with Gasteiger partial charge in [0.05, 0.1) is 16.7 Å². The number of carbonyl (C=O) groups excluding carboxylic acids is 6. The van der Waals surface area contributed by atoms with Crippen molar-refractivity contribution >= 4 is 67.1 Å². The third-order valence-corrected chi connectivity index (χ3v) is 15.0. The van der Waals surface area contributed by atoms with Gasteiger partial charge in [-0.3, -0.25) is 24.0 Å². The van der Waals surface area contributed by atoms with Crippen LogP contribution in [0.1, 0.15) is 91.6 Å². The van der Waals surface area contributed by atoms with Gasteiger partial charge in [-0.15, -0.1) is 23.5 Å². The normalized spacial score (nSPS) is 18.1. The van der Waals surface area contributed by atoms with Gasteiger partial charge in [0.1, 0.15) is 36.8 Å².